The fourth-order valence-electron chi connectivity index (χ4n) is 1.25. The van der Waals surface area contributed by atoms with Crippen molar-refractivity contribution >= 4 is 11.6 Å². The van der Waals surface area contributed by atoms with Crippen LogP contribution in [0.3, 0.4) is 0 Å². The fraction of sp³-hybridized carbons (Fsp3) is 0.300. The number of carbonyl (C=O) groups excluding carboxylic acids is 1. The molecule has 0 heterocycles. The molecular weight excluding hydrogens is 197 g/mol. The Morgan fingerprint density at radius 2 is 2.20 bits per heavy atom. The number of primary amides is 1. The van der Waals surface area contributed by atoms with Crippen LogP contribution in [0.1, 0.15) is 16.8 Å². The Kier molecular flexibility index (Phi) is 4.05. The van der Waals surface area contributed by atoms with E-state index in [9.17, 15) is 9.18 Å². The second-order valence-corrected chi connectivity index (χ2v) is 3.10. The van der Waals surface area contributed by atoms with Gasteiger partial charge >= 0.3 is 0 Å². The summed E-state index contributed by atoms with van der Waals surface area (Å²) < 4.78 is 13.2. The molecule has 1 aromatic rings. The van der Waals surface area contributed by atoms with Gasteiger partial charge in [-0.15, -0.1) is 0 Å². The zero-order chi connectivity index (χ0) is 11.3. The maximum atomic E-state index is 13.2. The minimum atomic E-state index is -0.775. The Bertz CT molecular complexity index is 355. The highest BCUT2D eigenvalue weighted by molar-refractivity contribution is 5.98. The van der Waals surface area contributed by atoms with E-state index < -0.39 is 11.7 Å². The lowest BCUT2D eigenvalue weighted by molar-refractivity contribution is 0.0997. The number of hydrogen-bond donors (Lipinski definition) is 3. The van der Waals surface area contributed by atoms with E-state index in [4.69, 9.17) is 11.5 Å². The Hall–Kier alpha value is -1.62. The van der Waals surface area contributed by atoms with E-state index in [1.807, 2.05) is 0 Å². The number of nitrogens with two attached hydrogens (primary N) is 2. The van der Waals surface area contributed by atoms with Crippen molar-refractivity contribution in [3.63, 3.8) is 0 Å². The van der Waals surface area contributed by atoms with Gasteiger partial charge in [0.25, 0.3) is 5.91 Å². The van der Waals surface area contributed by atoms with Crippen LogP contribution in [0.15, 0.2) is 18.2 Å². The molecule has 5 N–H and O–H groups in total. The van der Waals surface area contributed by atoms with Gasteiger partial charge in [0.1, 0.15) is 5.82 Å². The molecule has 15 heavy (non-hydrogen) atoms. The summed E-state index contributed by atoms with van der Waals surface area (Å²) in [6.07, 6.45) is 0.745. The number of benzene rings is 1. The zero-order valence-corrected chi connectivity index (χ0v) is 8.29. The predicted molar refractivity (Wildman–Crippen MR) is 57.1 cm³/mol. The van der Waals surface area contributed by atoms with Crippen LogP contribution in [0, 0.1) is 5.82 Å². The molecule has 0 saturated carbocycles. The summed E-state index contributed by atoms with van der Waals surface area (Å²) in [5.41, 5.74) is 10.7. The van der Waals surface area contributed by atoms with Crippen LogP contribution in [-0.2, 0) is 0 Å². The molecule has 0 radical (unpaired) electrons. The van der Waals surface area contributed by atoms with Gasteiger partial charge in [0.15, 0.2) is 0 Å². The van der Waals surface area contributed by atoms with Gasteiger partial charge in [0, 0.05) is 12.2 Å². The first-order valence-corrected chi connectivity index (χ1v) is 4.69. The lowest BCUT2D eigenvalue weighted by Gasteiger charge is -2.09. The van der Waals surface area contributed by atoms with E-state index >= 15 is 0 Å². The fourth-order valence-corrected chi connectivity index (χ4v) is 1.25. The molecule has 0 atom stereocenters. The van der Waals surface area contributed by atoms with E-state index in [2.05, 4.69) is 5.32 Å². The zero-order valence-electron chi connectivity index (χ0n) is 8.29. The quantitative estimate of drug-likeness (QED) is 0.626. The number of hydrogen-bond acceptors (Lipinski definition) is 3. The molecule has 0 aromatic heterocycles. The second kappa shape index (κ2) is 5.31. The normalized spacial score (nSPS) is 10.0. The topological polar surface area (TPSA) is 81.1 Å². The maximum Gasteiger partial charge on any atom is 0.253 e. The van der Waals surface area contributed by atoms with Crippen LogP contribution in [0.5, 0.6) is 0 Å². The standard InChI is InChI=1S/C10H14FN3O/c11-7-3-1-4-8(9(7)10(13)15)14-6-2-5-12/h1,3-4,14H,2,5-6,12H2,(H2,13,15). The maximum absolute atomic E-state index is 13.2. The van der Waals surface area contributed by atoms with Gasteiger partial charge in [-0.3, -0.25) is 4.79 Å². The first kappa shape index (κ1) is 11.5. The molecule has 0 aliphatic rings. The van der Waals surface area contributed by atoms with E-state index in [1.165, 1.54) is 12.1 Å². The van der Waals surface area contributed by atoms with Gasteiger partial charge in [-0.2, -0.15) is 0 Å². The summed E-state index contributed by atoms with van der Waals surface area (Å²) in [7, 11) is 0. The summed E-state index contributed by atoms with van der Waals surface area (Å²) in [6.45, 7) is 1.12. The molecule has 0 aliphatic heterocycles. The Labute approximate surface area is 87.4 Å². The van der Waals surface area contributed by atoms with Gasteiger partial charge in [-0.05, 0) is 25.1 Å². The van der Waals surface area contributed by atoms with Crippen LogP contribution >= 0.6 is 0 Å². The first-order valence-electron chi connectivity index (χ1n) is 4.69. The Balaban J connectivity index is 2.86. The molecule has 4 nitrogen and oxygen atoms in total. The number of amides is 1. The lowest BCUT2D eigenvalue weighted by atomic mass is 10.1. The van der Waals surface area contributed by atoms with Crippen molar-refractivity contribution in [1.82, 2.24) is 0 Å². The van der Waals surface area contributed by atoms with Gasteiger partial charge < -0.3 is 16.8 Å². The minimum Gasteiger partial charge on any atom is -0.384 e. The average molecular weight is 211 g/mol. The van der Waals surface area contributed by atoms with Gasteiger partial charge in [-0.1, -0.05) is 6.07 Å². The molecule has 1 rings (SSSR count). The Morgan fingerprint density at radius 3 is 2.80 bits per heavy atom. The summed E-state index contributed by atoms with van der Waals surface area (Å²) in [4.78, 5) is 11.0. The molecule has 0 aliphatic carbocycles. The molecule has 0 spiro atoms. The van der Waals surface area contributed by atoms with Crippen molar-refractivity contribution in [2.45, 2.75) is 6.42 Å². The van der Waals surface area contributed by atoms with Crippen molar-refractivity contribution in [1.29, 1.82) is 0 Å². The van der Waals surface area contributed by atoms with Gasteiger partial charge in [0.05, 0.1) is 5.56 Å². The molecule has 82 valence electrons. The van der Waals surface area contributed by atoms with Crippen LogP contribution < -0.4 is 16.8 Å². The van der Waals surface area contributed by atoms with Crippen molar-refractivity contribution in [2.24, 2.45) is 11.5 Å². The van der Waals surface area contributed by atoms with Crippen molar-refractivity contribution in [3.05, 3.63) is 29.6 Å². The Morgan fingerprint density at radius 1 is 1.47 bits per heavy atom. The lowest BCUT2D eigenvalue weighted by Crippen LogP contribution is -2.17. The van der Waals surface area contributed by atoms with Crippen molar-refractivity contribution < 1.29 is 9.18 Å². The summed E-state index contributed by atoms with van der Waals surface area (Å²) in [5.74, 6) is -1.39. The minimum absolute atomic E-state index is 0.102. The molecule has 0 saturated heterocycles. The second-order valence-electron chi connectivity index (χ2n) is 3.10. The first-order chi connectivity index (χ1) is 7.16. The number of nitrogens with one attached hydrogen (secondary N) is 1. The molecule has 1 amide bonds. The highest BCUT2D eigenvalue weighted by atomic mass is 19.1. The molecule has 1 aromatic carbocycles. The van der Waals surface area contributed by atoms with Crippen LogP contribution in [0.4, 0.5) is 10.1 Å². The third-order valence-electron chi connectivity index (χ3n) is 1.96. The van der Waals surface area contributed by atoms with E-state index in [0.717, 1.165) is 6.42 Å². The summed E-state index contributed by atoms with van der Waals surface area (Å²) in [6, 6.07) is 4.33. The number of anilines is 1. The van der Waals surface area contributed by atoms with Crippen molar-refractivity contribution in [3.8, 4) is 0 Å². The molecule has 5 heteroatoms. The van der Waals surface area contributed by atoms with Gasteiger partial charge in [-0.25, -0.2) is 4.39 Å². The van der Waals surface area contributed by atoms with Crippen LogP contribution in [0.25, 0.3) is 0 Å². The number of halogens is 1. The third kappa shape index (κ3) is 2.92. The summed E-state index contributed by atoms with van der Waals surface area (Å²) in [5, 5.41) is 2.92. The highest BCUT2D eigenvalue weighted by Gasteiger charge is 2.12. The van der Waals surface area contributed by atoms with E-state index in [0.29, 0.717) is 18.8 Å². The number of carbonyl (C=O) groups is 1. The summed E-state index contributed by atoms with van der Waals surface area (Å²) >= 11 is 0. The number of rotatable bonds is 5. The third-order valence-corrected chi connectivity index (χ3v) is 1.96. The molecule has 0 fully saturated rings. The van der Waals surface area contributed by atoms with Gasteiger partial charge in [0.2, 0.25) is 0 Å². The molecule has 0 bridgehead atoms. The highest BCUT2D eigenvalue weighted by Crippen LogP contribution is 2.17. The van der Waals surface area contributed by atoms with E-state index in [1.54, 1.807) is 6.07 Å². The van der Waals surface area contributed by atoms with Crippen molar-refractivity contribution in [2.75, 3.05) is 18.4 Å². The molecule has 0 unspecified atom stereocenters. The van der Waals surface area contributed by atoms with E-state index in [-0.39, 0.29) is 5.56 Å². The largest absolute Gasteiger partial charge is 0.384 e. The average Bonchev–Trinajstić information content (AvgIpc) is 2.17. The SMILES string of the molecule is NCCCNc1cccc(F)c1C(N)=O. The monoisotopic (exact) mass is 211 g/mol. The molecular formula is C10H14FN3O. The van der Waals surface area contributed by atoms with Crippen LogP contribution in [-0.4, -0.2) is 19.0 Å². The smallest absolute Gasteiger partial charge is 0.253 e. The van der Waals surface area contributed by atoms with Crippen LogP contribution in [0.2, 0.25) is 0 Å². The predicted octanol–water partition coefficient (Wildman–Crippen LogP) is 0.685.